The molecule has 5 nitrogen and oxygen atoms in total. The van der Waals surface area contributed by atoms with Crippen molar-refractivity contribution in [3.05, 3.63) is 64.1 Å². The van der Waals surface area contributed by atoms with E-state index in [4.69, 9.17) is 0 Å². The van der Waals surface area contributed by atoms with Gasteiger partial charge in [-0.05, 0) is 18.1 Å². The largest absolute Gasteiger partial charge is 0.347 e. The molecule has 1 amide bonds. The first-order valence-electron chi connectivity index (χ1n) is 6.61. The molecule has 1 aromatic heterocycles. The summed E-state index contributed by atoms with van der Waals surface area (Å²) in [6.07, 6.45) is 0.794. The average molecular weight is 271 g/mol. The third-order valence-corrected chi connectivity index (χ3v) is 2.83. The second-order valence-corrected chi connectivity index (χ2v) is 4.45. The highest BCUT2D eigenvalue weighted by atomic mass is 16.2. The van der Waals surface area contributed by atoms with Crippen LogP contribution in [0.3, 0.4) is 0 Å². The van der Waals surface area contributed by atoms with E-state index in [0.29, 0.717) is 13.1 Å². The summed E-state index contributed by atoms with van der Waals surface area (Å²) < 4.78 is 1.32. The van der Waals surface area contributed by atoms with Crippen LogP contribution >= 0.6 is 0 Å². The van der Waals surface area contributed by atoms with Crippen LogP contribution in [0.2, 0.25) is 0 Å². The molecule has 104 valence electrons. The molecule has 0 spiro atoms. The minimum absolute atomic E-state index is 0.188. The molecule has 0 radical (unpaired) electrons. The van der Waals surface area contributed by atoms with Crippen LogP contribution in [-0.2, 0) is 13.1 Å². The van der Waals surface area contributed by atoms with Gasteiger partial charge in [0, 0.05) is 19.2 Å². The van der Waals surface area contributed by atoms with Crippen molar-refractivity contribution in [2.24, 2.45) is 0 Å². The van der Waals surface area contributed by atoms with Gasteiger partial charge in [0.2, 0.25) is 0 Å². The number of nitrogens with one attached hydrogen (secondary N) is 1. The van der Waals surface area contributed by atoms with Crippen LogP contribution in [0.5, 0.6) is 0 Å². The SMILES string of the molecule is CCCn1nc(C(=O)NCc2ccccc2)ccc1=O. The Morgan fingerprint density at radius 3 is 2.65 bits per heavy atom. The van der Waals surface area contributed by atoms with Gasteiger partial charge in [0.05, 0.1) is 0 Å². The number of hydrogen-bond donors (Lipinski definition) is 1. The molecule has 5 heteroatoms. The first kappa shape index (κ1) is 14.0. The number of rotatable bonds is 5. The fourth-order valence-electron chi connectivity index (χ4n) is 1.81. The molecule has 2 aromatic rings. The first-order chi connectivity index (χ1) is 9.70. The average Bonchev–Trinajstić information content (AvgIpc) is 2.48. The number of aromatic nitrogens is 2. The molecule has 0 saturated carbocycles. The molecule has 0 saturated heterocycles. The maximum absolute atomic E-state index is 12.0. The highest BCUT2D eigenvalue weighted by Crippen LogP contribution is 1.99. The number of aryl methyl sites for hydroxylation is 1. The van der Waals surface area contributed by atoms with Gasteiger partial charge in [0.1, 0.15) is 5.69 Å². The van der Waals surface area contributed by atoms with E-state index in [0.717, 1.165) is 12.0 Å². The van der Waals surface area contributed by atoms with Crippen LogP contribution < -0.4 is 10.9 Å². The third kappa shape index (κ3) is 3.54. The molecule has 0 fully saturated rings. The number of hydrogen-bond acceptors (Lipinski definition) is 3. The predicted octanol–water partition coefficient (Wildman–Crippen LogP) is 1.58. The molecule has 1 aromatic carbocycles. The van der Waals surface area contributed by atoms with Gasteiger partial charge in [-0.15, -0.1) is 0 Å². The lowest BCUT2D eigenvalue weighted by Gasteiger charge is -2.07. The van der Waals surface area contributed by atoms with Crippen molar-refractivity contribution in [3.8, 4) is 0 Å². The van der Waals surface area contributed by atoms with Crippen LogP contribution in [0, 0.1) is 0 Å². The lowest BCUT2D eigenvalue weighted by Crippen LogP contribution is -2.29. The summed E-state index contributed by atoms with van der Waals surface area (Å²) in [4.78, 5) is 23.5. The molecule has 0 bridgehead atoms. The smallest absolute Gasteiger partial charge is 0.271 e. The van der Waals surface area contributed by atoms with Crippen LogP contribution in [0.1, 0.15) is 29.4 Å². The second-order valence-electron chi connectivity index (χ2n) is 4.45. The summed E-state index contributed by atoms with van der Waals surface area (Å²) in [6, 6.07) is 12.5. The molecule has 0 atom stereocenters. The highest BCUT2D eigenvalue weighted by Gasteiger charge is 2.08. The summed E-state index contributed by atoms with van der Waals surface area (Å²) in [5, 5.41) is 6.85. The van der Waals surface area contributed by atoms with Crippen molar-refractivity contribution in [2.75, 3.05) is 0 Å². The molecule has 0 aliphatic heterocycles. The summed E-state index contributed by atoms with van der Waals surface area (Å²) >= 11 is 0. The van der Waals surface area contributed by atoms with E-state index in [1.807, 2.05) is 37.3 Å². The zero-order valence-electron chi connectivity index (χ0n) is 11.4. The fraction of sp³-hybridized carbons (Fsp3) is 0.267. The summed E-state index contributed by atoms with van der Waals surface area (Å²) in [6.45, 7) is 2.91. The van der Waals surface area contributed by atoms with Gasteiger partial charge in [0.15, 0.2) is 0 Å². The van der Waals surface area contributed by atoms with Crippen LogP contribution in [-0.4, -0.2) is 15.7 Å². The molecule has 0 aliphatic carbocycles. The number of nitrogens with zero attached hydrogens (tertiary/aromatic N) is 2. The van der Waals surface area contributed by atoms with Crippen molar-refractivity contribution in [3.63, 3.8) is 0 Å². The molecule has 1 heterocycles. The maximum atomic E-state index is 12.0. The molecule has 1 N–H and O–H groups in total. The molecule has 20 heavy (non-hydrogen) atoms. The minimum Gasteiger partial charge on any atom is -0.347 e. The van der Waals surface area contributed by atoms with Crippen LogP contribution in [0.15, 0.2) is 47.3 Å². The van der Waals surface area contributed by atoms with Gasteiger partial charge >= 0.3 is 0 Å². The molecule has 0 unspecified atom stereocenters. The molecular formula is C15H17N3O2. The quantitative estimate of drug-likeness (QED) is 0.898. The van der Waals surface area contributed by atoms with E-state index in [2.05, 4.69) is 10.4 Å². The van der Waals surface area contributed by atoms with E-state index in [9.17, 15) is 9.59 Å². The zero-order chi connectivity index (χ0) is 14.4. The summed E-state index contributed by atoms with van der Waals surface area (Å²) in [5.74, 6) is -0.279. The molecule has 2 rings (SSSR count). The zero-order valence-corrected chi connectivity index (χ0v) is 11.4. The van der Waals surface area contributed by atoms with Crippen molar-refractivity contribution in [1.82, 2.24) is 15.1 Å². The predicted molar refractivity (Wildman–Crippen MR) is 76.4 cm³/mol. The van der Waals surface area contributed by atoms with Crippen molar-refractivity contribution >= 4 is 5.91 Å². The first-order valence-corrected chi connectivity index (χ1v) is 6.61. The Balaban J connectivity index is 2.06. The monoisotopic (exact) mass is 271 g/mol. The molecule has 0 aliphatic rings. The lowest BCUT2D eigenvalue weighted by molar-refractivity contribution is 0.0943. The number of benzene rings is 1. The van der Waals surface area contributed by atoms with Crippen molar-refractivity contribution in [1.29, 1.82) is 0 Å². The normalized spacial score (nSPS) is 10.2. The number of amides is 1. The Morgan fingerprint density at radius 1 is 1.20 bits per heavy atom. The summed E-state index contributed by atoms with van der Waals surface area (Å²) in [5.41, 5.74) is 1.09. The van der Waals surface area contributed by atoms with E-state index in [-0.39, 0.29) is 17.2 Å². The van der Waals surface area contributed by atoms with Gasteiger partial charge in [-0.25, -0.2) is 4.68 Å². The summed E-state index contributed by atoms with van der Waals surface area (Å²) in [7, 11) is 0. The maximum Gasteiger partial charge on any atom is 0.271 e. The van der Waals surface area contributed by atoms with Gasteiger partial charge in [-0.1, -0.05) is 37.3 Å². The Labute approximate surface area is 117 Å². The standard InChI is InChI=1S/C15H17N3O2/c1-2-10-18-14(19)9-8-13(17-18)15(20)16-11-12-6-4-3-5-7-12/h3-9H,2,10-11H2,1H3,(H,16,20). The topological polar surface area (TPSA) is 64.0 Å². The second kappa shape index (κ2) is 6.65. The minimum atomic E-state index is -0.279. The van der Waals surface area contributed by atoms with Crippen molar-refractivity contribution in [2.45, 2.75) is 26.4 Å². The van der Waals surface area contributed by atoms with Gasteiger partial charge in [-0.2, -0.15) is 5.10 Å². The Hall–Kier alpha value is -2.43. The van der Waals surface area contributed by atoms with Crippen LogP contribution in [0.4, 0.5) is 0 Å². The Bertz CT molecular complexity index is 635. The van der Waals surface area contributed by atoms with Crippen molar-refractivity contribution < 1.29 is 4.79 Å². The Morgan fingerprint density at radius 2 is 1.95 bits per heavy atom. The lowest BCUT2D eigenvalue weighted by atomic mass is 10.2. The van der Waals surface area contributed by atoms with Gasteiger partial charge < -0.3 is 5.32 Å². The number of carbonyl (C=O) groups is 1. The van der Waals surface area contributed by atoms with Crippen LogP contribution in [0.25, 0.3) is 0 Å². The third-order valence-electron chi connectivity index (χ3n) is 2.83. The Kier molecular flexibility index (Phi) is 4.65. The van der Waals surface area contributed by atoms with Gasteiger partial charge in [-0.3, -0.25) is 9.59 Å². The van der Waals surface area contributed by atoms with Gasteiger partial charge in [0.25, 0.3) is 11.5 Å². The van der Waals surface area contributed by atoms with E-state index < -0.39 is 0 Å². The number of carbonyl (C=O) groups excluding carboxylic acids is 1. The van der Waals surface area contributed by atoms with E-state index in [1.165, 1.54) is 16.8 Å². The fourth-order valence-corrected chi connectivity index (χ4v) is 1.81. The van der Waals surface area contributed by atoms with E-state index >= 15 is 0 Å². The van der Waals surface area contributed by atoms with E-state index in [1.54, 1.807) is 0 Å². The molecular weight excluding hydrogens is 254 g/mol. The highest BCUT2D eigenvalue weighted by molar-refractivity contribution is 5.91.